The third-order valence-electron chi connectivity index (χ3n) is 0.299. The predicted octanol–water partition coefficient (Wildman–Crippen LogP) is 0.992. The van der Waals surface area contributed by atoms with Gasteiger partial charge in [0.15, 0.2) is 5.51 Å². The first kappa shape index (κ1) is 4.02. The Morgan fingerprint density at radius 1 is 1.83 bits per heavy atom. The molecule has 1 radical (unpaired) electrons. The highest BCUT2D eigenvalue weighted by Gasteiger charge is 1.82. The van der Waals surface area contributed by atoms with Crippen molar-refractivity contribution in [2.75, 3.05) is 0 Å². The first-order valence-electron chi connectivity index (χ1n) is 1.24. The molecule has 0 aromatic carbocycles. The molecule has 0 aliphatic carbocycles. The van der Waals surface area contributed by atoms with Crippen molar-refractivity contribution in [3.63, 3.8) is 0 Å². The van der Waals surface area contributed by atoms with E-state index in [0.717, 1.165) is 0 Å². The van der Waals surface area contributed by atoms with E-state index in [0.29, 0.717) is 4.47 Å². The fourth-order valence-corrected chi connectivity index (χ4v) is 0.518. The molecular weight excluding hydrogens is 120 g/mol. The highest BCUT2D eigenvalue weighted by molar-refractivity contribution is 7.13. The summed E-state index contributed by atoms with van der Waals surface area (Å²) < 4.78 is 0.440. The summed E-state index contributed by atoms with van der Waals surface area (Å²) in [6, 6.07) is 0. The highest BCUT2D eigenvalue weighted by atomic mass is 35.5. The average molecular weight is 120 g/mol. The fourth-order valence-electron chi connectivity index (χ4n) is 0.138. The molecule has 1 rings (SSSR count). The lowest BCUT2D eigenvalue weighted by Gasteiger charge is -1.57. The number of hydrogen-bond acceptors (Lipinski definition) is 3. The van der Waals surface area contributed by atoms with Crippen LogP contribution in [-0.4, -0.2) is 10.2 Å². The molecule has 0 amide bonds. The van der Waals surface area contributed by atoms with Crippen LogP contribution in [0.5, 0.6) is 0 Å². The number of rotatable bonds is 0. The van der Waals surface area contributed by atoms with Crippen molar-refractivity contribution in [2.24, 2.45) is 0 Å². The van der Waals surface area contributed by atoms with E-state index in [4.69, 9.17) is 11.6 Å². The summed E-state index contributed by atoms with van der Waals surface area (Å²) in [6.07, 6.45) is 0. The molecule has 0 aliphatic rings. The van der Waals surface area contributed by atoms with E-state index in [1.54, 1.807) is 0 Å². The summed E-state index contributed by atoms with van der Waals surface area (Å²) in [6.45, 7) is 0. The minimum atomic E-state index is 0.440. The summed E-state index contributed by atoms with van der Waals surface area (Å²) in [5.74, 6) is 0. The van der Waals surface area contributed by atoms with Crippen LogP contribution in [0, 0.1) is 5.51 Å². The third-order valence-corrected chi connectivity index (χ3v) is 1.03. The van der Waals surface area contributed by atoms with Gasteiger partial charge in [0.05, 0.1) is 0 Å². The van der Waals surface area contributed by atoms with E-state index in [1.165, 1.54) is 11.3 Å². The van der Waals surface area contributed by atoms with Crippen molar-refractivity contribution in [3.8, 4) is 0 Å². The van der Waals surface area contributed by atoms with Gasteiger partial charge in [-0.2, -0.15) is 0 Å². The molecule has 0 saturated heterocycles. The van der Waals surface area contributed by atoms with Gasteiger partial charge in [-0.3, -0.25) is 0 Å². The number of aromatic nitrogens is 2. The van der Waals surface area contributed by atoms with Crippen LogP contribution in [0.3, 0.4) is 0 Å². The van der Waals surface area contributed by atoms with Crippen LogP contribution < -0.4 is 0 Å². The van der Waals surface area contributed by atoms with Crippen molar-refractivity contribution in [1.82, 2.24) is 10.2 Å². The molecule has 0 saturated carbocycles. The van der Waals surface area contributed by atoms with Gasteiger partial charge in [0.1, 0.15) is 0 Å². The lowest BCUT2D eigenvalue weighted by Crippen LogP contribution is -1.58. The van der Waals surface area contributed by atoms with Crippen LogP contribution in [0.15, 0.2) is 0 Å². The van der Waals surface area contributed by atoms with Crippen LogP contribution in [0.4, 0.5) is 0 Å². The molecule has 0 N–H and O–H groups in total. The van der Waals surface area contributed by atoms with Crippen LogP contribution in [-0.2, 0) is 0 Å². The molecule has 4 heteroatoms. The summed E-state index contributed by atoms with van der Waals surface area (Å²) in [7, 11) is 0. The highest BCUT2D eigenvalue weighted by Crippen LogP contribution is 2.05. The Hall–Kier alpha value is -0.150. The molecule has 0 fully saturated rings. The van der Waals surface area contributed by atoms with E-state index < -0.39 is 0 Å². The molecule has 0 bridgehead atoms. The fraction of sp³-hybridized carbons (Fsp3) is 0. The maximum Gasteiger partial charge on any atom is 0.207 e. The second-order valence-electron chi connectivity index (χ2n) is 0.646. The van der Waals surface area contributed by atoms with Gasteiger partial charge in [-0.15, -0.1) is 10.2 Å². The molecule has 31 valence electrons. The van der Waals surface area contributed by atoms with Gasteiger partial charge < -0.3 is 0 Å². The summed E-state index contributed by atoms with van der Waals surface area (Å²) in [5, 5.41) is 6.73. The molecule has 0 atom stereocenters. The molecule has 1 aromatic heterocycles. The Kier molecular flexibility index (Phi) is 1.03. The number of nitrogens with zero attached hydrogens (tertiary/aromatic N) is 2. The summed E-state index contributed by atoms with van der Waals surface area (Å²) in [4.78, 5) is 0. The van der Waals surface area contributed by atoms with E-state index in [-0.39, 0.29) is 0 Å². The molecule has 6 heavy (non-hydrogen) atoms. The number of hydrogen-bond donors (Lipinski definition) is 0. The number of halogens is 1. The quantitative estimate of drug-likeness (QED) is 0.509. The largest absolute Gasteiger partial charge is 0.207 e. The molecule has 0 aliphatic heterocycles. The van der Waals surface area contributed by atoms with E-state index >= 15 is 0 Å². The summed E-state index contributed by atoms with van der Waals surface area (Å²) >= 11 is 6.46. The van der Waals surface area contributed by atoms with Gasteiger partial charge in [0.2, 0.25) is 4.47 Å². The second-order valence-corrected chi connectivity index (χ2v) is 2.00. The Balaban J connectivity index is 3.05. The minimum absolute atomic E-state index is 0.440. The lowest BCUT2D eigenvalue weighted by atomic mass is 11.6. The first-order valence-corrected chi connectivity index (χ1v) is 2.44. The van der Waals surface area contributed by atoms with E-state index in [2.05, 4.69) is 15.7 Å². The second kappa shape index (κ2) is 1.53. The maximum absolute atomic E-state index is 5.27. The van der Waals surface area contributed by atoms with Crippen molar-refractivity contribution < 1.29 is 0 Å². The smallest absolute Gasteiger partial charge is 0.134 e. The minimum Gasteiger partial charge on any atom is -0.134 e. The predicted molar refractivity (Wildman–Crippen MR) is 23.8 cm³/mol. The molecular formula is C2ClN2S. The van der Waals surface area contributed by atoms with E-state index in [9.17, 15) is 0 Å². The Labute approximate surface area is 43.8 Å². The maximum atomic E-state index is 5.27. The lowest BCUT2D eigenvalue weighted by molar-refractivity contribution is 1.08. The van der Waals surface area contributed by atoms with Crippen LogP contribution in [0.2, 0.25) is 4.47 Å². The third kappa shape index (κ3) is 0.666. The normalized spacial score (nSPS) is 8.83. The monoisotopic (exact) mass is 119 g/mol. The van der Waals surface area contributed by atoms with Crippen LogP contribution >= 0.6 is 22.9 Å². The van der Waals surface area contributed by atoms with Gasteiger partial charge in [0, 0.05) is 0 Å². The van der Waals surface area contributed by atoms with Crippen LogP contribution in [0.25, 0.3) is 0 Å². The molecule has 0 spiro atoms. The molecule has 2 nitrogen and oxygen atoms in total. The van der Waals surface area contributed by atoms with Crippen molar-refractivity contribution in [2.45, 2.75) is 0 Å². The summed E-state index contributed by atoms with van der Waals surface area (Å²) in [5.41, 5.74) is 2.48. The van der Waals surface area contributed by atoms with Gasteiger partial charge in [-0.1, -0.05) is 11.3 Å². The van der Waals surface area contributed by atoms with Crippen LogP contribution in [0.1, 0.15) is 0 Å². The zero-order valence-electron chi connectivity index (χ0n) is 2.68. The zero-order valence-corrected chi connectivity index (χ0v) is 4.25. The topological polar surface area (TPSA) is 25.8 Å². The zero-order chi connectivity index (χ0) is 4.41. The van der Waals surface area contributed by atoms with Gasteiger partial charge >= 0.3 is 0 Å². The Bertz CT molecular complexity index is 115. The van der Waals surface area contributed by atoms with Gasteiger partial charge in [-0.25, -0.2) is 0 Å². The van der Waals surface area contributed by atoms with E-state index in [1.807, 2.05) is 0 Å². The van der Waals surface area contributed by atoms with Crippen molar-refractivity contribution >= 4 is 22.9 Å². The SMILES string of the molecule is Clc1nn[c]s1. The molecule has 1 heterocycles. The van der Waals surface area contributed by atoms with Gasteiger partial charge in [0.25, 0.3) is 0 Å². The van der Waals surface area contributed by atoms with Crippen molar-refractivity contribution in [3.05, 3.63) is 9.98 Å². The molecule has 1 aromatic rings. The standard InChI is InChI=1S/C2ClN2S/c3-2-5-4-1-6-2. The average Bonchev–Trinajstić information content (AvgIpc) is 1.86. The Morgan fingerprint density at radius 2 is 2.67 bits per heavy atom. The first-order chi connectivity index (χ1) is 2.89. The molecule has 0 unspecified atom stereocenters. The Morgan fingerprint density at radius 3 is 2.83 bits per heavy atom. The van der Waals surface area contributed by atoms with Gasteiger partial charge in [-0.05, 0) is 11.6 Å². The van der Waals surface area contributed by atoms with Crippen molar-refractivity contribution in [1.29, 1.82) is 0 Å².